The van der Waals surface area contributed by atoms with Crippen LogP contribution in [0, 0.1) is 13.8 Å². The van der Waals surface area contributed by atoms with E-state index in [-0.39, 0.29) is 5.69 Å². The Labute approximate surface area is 131 Å². The topological polar surface area (TPSA) is 80.9 Å². The summed E-state index contributed by atoms with van der Waals surface area (Å²) in [5.74, 6) is -1.08. The van der Waals surface area contributed by atoms with Crippen LogP contribution in [-0.2, 0) is 6.42 Å². The Kier molecular flexibility index (Phi) is 3.72. The molecule has 1 aromatic carbocycles. The number of thiazole rings is 1. The van der Waals surface area contributed by atoms with E-state index in [0.29, 0.717) is 10.8 Å². The van der Waals surface area contributed by atoms with E-state index in [1.807, 2.05) is 6.07 Å². The van der Waals surface area contributed by atoms with Crippen LogP contribution in [0.15, 0.2) is 30.5 Å². The van der Waals surface area contributed by atoms with Gasteiger partial charge in [-0.05, 0) is 19.4 Å². The molecule has 3 aromatic rings. The zero-order valence-corrected chi connectivity index (χ0v) is 13.0. The van der Waals surface area contributed by atoms with Gasteiger partial charge in [-0.1, -0.05) is 46.4 Å². The highest BCUT2D eigenvalue weighted by Crippen LogP contribution is 2.22. The Hall–Kier alpha value is -2.54. The average Bonchev–Trinajstić information content (AvgIpc) is 3.05. The molecule has 0 saturated heterocycles. The molecule has 1 N–H and O–H groups in total. The predicted octanol–water partition coefficient (Wildman–Crippen LogP) is 2.63. The molecule has 2 aromatic heterocycles. The number of aryl methyl sites for hydroxylation is 1. The van der Waals surface area contributed by atoms with Gasteiger partial charge in [0, 0.05) is 17.5 Å². The Morgan fingerprint density at radius 2 is 2.18 bits per heavy atom. The zero-order chi connectivity index (χ0) is 15.7. The monoisotopic (exact) mass is 314 g/mol. The van der Waals surface area contributed by atoms with Crippen molar-refractivity contribution in [3.05, 3.63) is 57.9 Å². The molecule has 6 nitrogen and oxygen atoms in total. The largest absolute Gasteiger partial charge is 0.476 e. The molecule has 0 unspecified atom stereocenters. The van der Waals surface area contributed by atoms with Crippen molar-refractivity contribution in [2.75, 3.05) is 0 Å². The molecular weight excluding hydrogens is 300 g/mol. The van der Waals surface area contributed by atoms with Crippen molar-refractivity contribution < 1.29 is 9.90 Å². The zero-order valence-electron chi connectivity index (χ0n) is 12.1. The van der Waals surface area contributed by atoms with E-state index in [9.17, 15) is 4.79 Å². The molecule has 0 spiro atoms. The first-order valence-corrected chi connectivity index (χ1v) is 7.52. The molecular formula is C15H14N4O2S. The van der Waals surface area contributed by atoms with Gasteiger partial charge in [-0.25, -0.2) is 9.78 Å². The lowest BCUT2D eigenvalue weighted by Gasteiger charge is -1.99. The van der Waals surface area contributed by atoms with Crippen molar-refractivity contribution in [2.45, 2.75) is 20.3 Å². The molecule has 0 amide bonds. The smallest absolute Gasteiger partial charge is 0.358 e. The van der Waals surface area contributed by atoms with Crippen LogP contribution in [0.3, 0.4) is 0 Å². The van der Waals surface area contributed by atoms with Crippen molar-refractivity contribution in [2.24, 2.45) is 0 Å². The molecule has 0 saturated carbocycles. The SMILES string of the molecule is Cc1cccc(Cc2cnc(-n3nnc(C(=O)O)c3C)s2)c1. The number of benzene rings is 1. The lowest BCUT2D eigenvalue weighted by atomic mass is 10.1. The molecule has 0 bridgehead atoms. The lowest BCUT2D eigenvalue weighted by molar-refractivity contribution is 0.0689. The summed E-state index contributed by atoms with van der Waals surface area (Å²) in [6, 6.07) is 8.32. The molecule has 0 atom stereocenters. The van der Waals surface area contributed by atoms with Crippen LogP contribution < -0.4 is 0 Å². The Morgan fingerprint density at radius 3 is 2.86 bits per heavy atom. The van der Waals surface area contributed by atoms with Gasteiger partial charge in [0.05, 0.1) is 5.69 Å². The van der Waals surface area contributed by atoms with Crippen molar-refractivity contribution in [3.63, 3.8) is 0 Å². The van der Waals surface area contributed by atoms with E-state index < -0.39 is 5.97 Å². The maximum atomic E-state index is 11.0. The van der Waals surface area contributed by atoms with E-state index in [1.54, 1.807) is 13.1 Å². The third-order valence-corrected chi connectivity index (χ3v) is 4.25. The number of hydrogen-bond donors (Lipinski definition) is 1. The molecule has 3 rings (SSSR count). The standard InChI is InChI=1S/C15H14N4O2S/c1-9-4-3-5-11(6-9)7-12-8-16-15(22-12)19-10(2)13(14(20)21)17-18-19/h3-6,8H,7H2,1-2H3,(H,20,21). The summed E-state index contributed by atoms with van der Waals surface area (Å²) in [6.07, 6.45) is 2.59. The summed E-state index contributed by atoms with van der Waals surface area (Å²) >= 11 is 1.48. The second-order valence-electron chi connectivity index (χ2n) is 5.02. The first-order chi connectivity index (χ1) is 10.5. The van der Waals surface area contributed by atoms with Crippen LogP contribution in [0.1, 0.15) is 32.2 Å². The highest BCUT2D eigenvalue weighted by molar-refractivity contribution is 7.14. The van der Waals surface area contributed by atoms with Gasteiger partial charge in [-0.15, -0.1) is 5.10 Å². The molecule has 0 radical (unpaired) electrons. The summed E-state index contributed by atoms with van der Waals surface area (Å²) in [6.45, 7) is 3.74. The fraction of sp³-hybridized carbons (Fsp3) is 0.200. The lowest BCUT2D eigenvalue weighted by Crippen LogP contribution is -2.02. The van der Waals surface area contributed by atoms with Gasteiger partial charge < -0.3 is 5.11 Å². The number of carboxylic acid groups (broad SMARTS) is 1. The summed E-state index contributed by atoms with van der Waals surface area (Å²) in [7, 11) is 0. The second-order valence-corrected chi connectivity index (χ2v) is 6.11. The van der Waals surface area contributed by atoms with Gasteiger partial charge in [0.25, 0.3) is 0 Å². The molecule has 0 aliphatic rings. The molecule has 22 heavy (non-hydrogen) atoms. The number of carboxylic acids is 1. The van der Waals surface area contributed by atoms with Gasteiger partial charge in [0.1, 0.15) is 0 Å². The molecule has 112 valence electrons. The normalized spacial score (nSPS) is 10.8. The maximum absolute atomic E-state index is 11.0. The highest BCUT2D eigenvalue weighted by Gasteiger charge is 2.17. The van der Waals surface area contributed by atoms with Gasteiger partial charge in [0.2, 0.25) is 5.13 Å². The number of aromatic nitrogens is 4. The van der Waals surface area contributed by atoms with Crippen LogP contribution in [0.25, 0.3) is 5.13 Å². The van der Waals surface area contributed by atoms with Gasteiger partial charge in [0.15, 0.2) is 5.69 Å². The summed E-state index contributed by atoms with van der Waals surface area (Å²) in [5.41, 5.74) is 2.87. The Bertz CT molecular complexity index is 838. The fourth-order valence-electron chi connectivity index (χ4n) is 2.21. The molecule has 7 heteroatoms. The van der Waals surface area contributed by atoms with Crippen LogP contribution >= 0.6 is 11.3 Å². The minimum absolute atomic E-state index is 0.0459. The molecule has 0 aliphatic heterocycles. The first kappa shape index (κ1) is 14.4. The number of aromatic carboxylic acids is 1. The van der Waals surface area contributed by atoms with E-state index in [1.165, 1.54) is 27.1 Å². The summed E-state index contributed by atoms with van der Waals surface area (Å²) in [5, 5.41) is 17.2. The Morgan fingerprint density at radius 1 is 1.36 bits per heavy atom. The van der Waals surface area contributed by atoms with Gasteiger partial charge in [-0.2, -0.15) is 4.68 Å². The number of carbonyl (C=O) groups is 1. The van der Waals surface area contributed by atoms with Crippen LogP contribution in [0.5, 0.6) is 0 Å². The Balaban J connectivity index is 1.86. The first-order valence-electron chi connectivity index (χ1n) is 6.71. The van der Waals surface area contributed by atoms with E-state index in [0.717, 1.165) is 11.3 Å². The van der Waals surface area contributed by atoms with E-state index in [4.69, 9.17) is 5.11 Å². The third-order valence-electron chi connectivity index (χ3n) is 3.28. The fourth-order valence-corrected chi connectivity index (χ4v) is 3.15. The second kappa shape index (κ2) is 5.69. The minimum atomic E-state index is -1.08. The summed E-state index contributed by atoms with van der Waals surface area (Å²) in [4.78, 5) is 16.4. The van der Waals surface area contributed by atoms with Gasteiger partial charge in [-0.3, -0.25) is 0 Å². The number of nitrogens with zero attached hydrogens (tertiary/aromatic N) is 4. The minimum Gasteiger partial charge on any atom is -0.476 e. The van der Waals surface area contributed by atoms with Crippen molar-refractivity contribution >= 4 is 17.3 Å². The quantitative estimate of drug-likeness (QED) is 0.800. The number of hydrogen-bond acceptors (Lipinski definition) is 5. The van der Waals surface area contributed by atoms with Crippen molar-refractivity contribution in [3.8, 4) is 5.13 Å². The predicted molar refractivity (Wildman–Crippen MR) is 82.7 cm³/mol. The summed E-state index contributed by atoms with van der Waals surface area (Å²) < 4.78 is 1.47. The average molecular weight is 314 g/mol. The van der Waals surface area contributed by atoms with Crippen molar-refractivity contribution in [1.82, 2.24) is 20.0 Å². The molecule has 0 aliphatic carbocycles. The third kappa shape index (κ3) is 2.75. The molecule has 0 fully saturated rings. The van der Waals surface area contributed by atoms with E-state index in [2.05, 4.69) is 40.4 Å². The van der Waals surface area contributed by atoms with Gasteiger partial charge >= 0.3 is 5.97 Å². The van der Waals surface area contributed by atoms with Crippen LogP contribution in [0.4, 0.5) is 0 Å². The van der Waals surface area contributed by atoms with Crippen LogP contribution in [-0.4, -0.2) is 31.1 Å². The highest BCUT2D eigenvalue weighted by atomic mass is 32.1. The van der Waals surface area contributed by atoms with Crippen molar-refractivity contribution in [1.29, 1.82) is 0 Å². The molecule has 2 heterocycles. The number of rotatable bonds is 4. The van der Waals surface area contributed by atoms with E-state index >= 15 is 0 Å². The maximum Gasteiger partial charge on any atom is 0.358 e. The van der Waals surface area contributed by atoms with Crippen LogP contribution in [0.2, 0.25) is 0 Å².